The number of sulfonamides is 1. The first-order chi connectivity index (χ1) is 8.30. The second-order valence-electron chi connectivity index (χ2n) is 4.67. The second kappa shape index (κ2) is 5.86. The van der Waals surface area contributed by atoms with Crippen LogP contribution in [0.25, 0.3) is 0 Å². The molecule has 1 aromatic rings. The van der Waals surface area contributed by atoms with E-state index in [-0.39, 0.29) is 6.04 Å². The molecule has 6 heteroatoms. The van der Waals surface area contributed by atoms with Gasteiger partial charge in [0.15, 0.2) is 0 Å². The van der Waals surface area contributed by atoms with Crippen LogP contribution in [0.5, 0.6) is 0 Å². The summed E-state index contributed by atoms with van der Waals surface area (Å²) in [6.45, 7) is 7.28. The van der Waals surface area contributed by atoms with E-state index in [9.17, 15) is 8.42 Å². The van der Waals surface area contributed by atoms with Gasteiger partial charge in [0, 0.05) is 38.6 Å². The van der Waals surface area contributed by atoms with Gasteiger partial charge in [-0.15, -0.1) is 0 Å². The summed E-state index contributed by atoms with van der Waals surface area (Å²) < 4.78 is 27.8. The quantitative estimate of drug-likeness (QED) is 0.846. The lowest BCUT2D eigenvalue weighted by Crippen LogP contribution is -2.32. The van der Waals surface area contributed by atoms with Crippen LogP contribution in [-0.2, 0) is 23.6 Å². The Balaban J connectivity index is 3.04. The van der Waals surface area contributed by atoms with Crippen LogP contribution in [0.1, 0.15) is 26.5 Å². The number of hydrogen-bond donors (Lipinski definition) is 1. The van der Waals surface area contributed by atoms with Crippen molar-refractivity contribution in [1.29, 1.82) is 0 Å². The number of aromatic nitrogens is 1. The number of rotatable bonds is 6. The first kappa shape index (κ1) is 15.2. The van der Waals surface area contributed by atoms with Gasteiger partial charge in [0.05, 0.1) is 0 Å². The van der Waals surface area contributed by atoms with Gasteiger partial charge in [0.1, 0.15) is 4.90 Å². The molecule has 0 spiro atoms. The molecule has 0 fully saturated rings. The molecule has 0 aromatic carbocycles. The van der Waals surface area contributed by atoms with Crippen molar-refractivity contribution < 1.29 is 8.42 Å². The Bertz CT molecular complexity index is 491. The Morgan fingerprint density at radius 2 is 2.06 bits per heavy atom. The second-order valence-corrected chi connectivity index (χ2v) is 6.67. The SMILES string of the molecule is CCNCc1cc(S(=O)(=O)N(C)C(C)C)cn1C. The molecule has 0 aliphatic heterocycles. The number of hydrogen-bond acceptors (Lipinski definition) is 3. The van der Waals surface area contributed by atoms with Crippen LogP contribution < -0.4 is 5.32 Å². The number of aryl methyl sites for hydroxylation is 1. The Kier molecular flexibility index (Phi) is 4.95. The standard InChI is InChI=1S/C12H23N3O2S/c1-6-13-8-11-7-12(9-14(11)4)18(16,17)15(5)10(2)3/h7,9-10,13H,6,8H2,1-5H3. The van der Waals surface area contributed by atoms with Crippen LogP contribution in [0.2, 0.25) is 0 Å². The lowest BCUT2D eigenvalue weighted by Gasteiger charge is -2.19. The Labute approximate surface area is 110 Å². The summed E-state index contributed by atoms with van der Waals surface area (Å²) in [7, 11) is 0.0901. The van der Waals surface area contributed by atoms with Crippen LogP contribution in [0.4, 0.5) is 0 Å². The third kappa shape index (κ3) is 3.13. The molecule has 0 aliphatic carbocycles. The van der Waals surface area contributed by atoms with Crippen molar-refractivity contribution >= 4 is 10.0 Å². The van der Waals surface area contributed by atoms with E-state index in [1.165, 1.54) is 4.31 Å². The van der Waals surface area contributed by atoms with E-state index in [2.05, 4.69) is 5.32 Å². The van der Waals surface area contributed by atoms with Gasteiger partial charge in [0.25, 0.3) is 0 Å². The van der Waals surface area contributed by atoms with E-state index in [0.29, 0.717) is 11.4 Å². The molecule has 18 heavy (non-hydrogen) atoms. The summed E-state index contributed by atoms with van der Waals surface area (Å²) in [6.07, 6.45) is 1.67. The maximum Gasteiger partial charge on any atom is 0.244 e. The van der Waals surface area contributed by atoms with Gasteiger partial charge in [-0.1, -0.05) is 6.92 Å². The molecule has 0 saturated heterocycles. The summed E-state index contributed by atoms with van der Waals surface area (Å²) >= 11 is 0. The summed E-state index contributed by atoms with van der Waals surface area (Å²) in [5.74, 6) is 0. The predicted molar refractivity (Wildman–Crippen MR) is 72.9 cm³/mol. The average Bonchev–Trinajstić information content (AvgIpc) is 2.67. The molecule has 104 valence electrons. The van der Waals surface area contributed by atoms with Crippen LogP contribution >= 0.6 is 0 Å². The van der Waals surface area contributed by atoms with E-state index in [4.69, 9.17) is 0 Å². The molecule has 5 nitrogen and oxygen atoms in total. The van der Waals surface area contributed by atoms with Crippen molar-refractivity contribution in [2.24, 2.45) is 7.05 Å². The molecule has 1 heterocycles. The van der Waals surface area contributed by atoms with E-state index in [1.54, 1.807) is 19.3 Å². The third-order valence-electron chi connectivity index (χ3n) is 3.04. The zero-order chi connectivity index (χ0) is 13.9. The molecule has 0 amide bonds. The fourth-order valence-corrected chi connectivity index (χ4v) is 3.05. The normalized spacial score (nSPS) is 12.6. The van der Waals surface area contributed by atoms with E-state index in [0.717, 1.165) is 12.2 Å². The van der Waals surface area contributed by atoms with Crippen LogP contribution in [0, 0.1) is 0 Å². The fourth-order valence-electron chi connectivity index (χ4n) is 1.59. The minimum absolute atomic E-state index is 0.0487. The molecule has 0 atom stereocenters. The highest BCUT2D eigenvalue weighted by atomic mass is 32.2. The van der Waals surface area contributed by atoms with Crippen molar-refractivity contribution in [3.05, 3.63) is 18.0 Å². The lowest BCUT2D eigenvalue weighted by atomic mass is 10.4. The van der Waals surface area contributed by atoms with Gasteiger partial charge in [-0.05, 0) is 26.5 Å². The highest BCUT2D eigenvalue weighted by molar-refractivity contribution is 7.89. The van der Waals surface area contributed by atoms with Gasteiger partial charge in [-0.25, -0.2) is 8.42 Å². The van der Waals surface area contributed by atoms with Crippen molar-refractivity contribution in [1.82, 2.24) is 14.2 Å². The van der Waals surface area contributed by atoms with Gasteiger partial charge in [0.2, 0.25) is 10.0 Å². The highest BCUT2D eigenvalue weighted by Gasteiger charge is 2.24. The molecule has 1 aromatic heterocycles. The molecule has 1 N–H and O–H groups in total. The van der Waals surface area contributed by atoms with Crippen LogP contribution in [-0.4, -0.2) is 36.9 Å². The number of nitrogens with zero attached hydrogens (tertiary/aromatic N) is 2. The monoisotopic (exact) mass is 273 g/mol. The maximum atomic E-state index is 12.3. The van der Waals surface area contributed by atoms with Crippen molar-refractivity contribution in [2.75, 3.05) is 13.6 Å². The summed E-state index contributed by atoms with van der Waals surface area (Å²) in [4.78, 5) is 0.356. The molecule has 0 saturated carbocycles. The smallest absolute Gasteiger partial charge is 0.244 e. The maximum absolute atomic E-state index is 12.3. The van der Waals surface area contributed by atoms with Crippen molar-refractivity contribution in [3.63, 3.8) is 0 Å². The first-order valence-electron chi connectivity index (χ1n) is 6.14. The highest BCUT2D eigenvalue weighted by Crippen LogP contribution is 2.19. The Morgan fingerprint density at radius 3 is 2.56 bits per heavy atom. The summed E-state index contributed by atoms with van der Waals surface area (Å²) in [5.41, 5.74) is 0.965. The molecule has 0 radical (unpaired) electrons. The topological polar surface area (TPSA) is 54.3 Å². The zero-order valence-electron chi connectivity index (χ0n) is 11.8. The van der Waals surface area contributed by atoms with Gasteiger partial charge >= 0.3 is 0 Å². The molecular weight excluding hydrogens is 250 g/mol. The molecule has 0 bridgehead atoms. The molecule has 0 unspecified atom stereocenters. The van der Waals surface area contributed by atoms with E-state index < -0.39 is 10.0 Å². The fraction of sp³-hybridized carbons (Fsp3) is 0.667. The minimum atomic E-state index is -3.38. The van der Waals surface area contributed by atoms with Crippen LogP contribution in [0.15, 0.2) is 17.2 Å². The summed E-state index contributed by atoms with van der Waals surface area (Å²) in [5, 5.41) is 3.19. The summed E-state index contributed by atoms with van der Waals surface area (Å²) in [6, 6.07) is 1.68. The largest absolute Gasteiger partial charge is 0.352 e. The van der Waals surface area contributed by atoms with Gasteiger partial charge in [-0.2, -0.15) is 4.31 Å². The minimum Gasteiger partial charge on any atom is -0.352 e. The Hall–Kier alpha value is -0.850. The van der Waals surface area contributed by atoms with Gasteiger partial charge < -0.3 is 9.88 Å². The third-order valence-corrected chi connectivity index (χ3v) is 5.04. The Morgan fingerprint density at radius 1 is 1.44 bits per heavy atom. The predicted octanol–water partition coefficient (Wildman–Crippen LogP) is 1.16. The lowest BCUT2D eigenvalue weighted by molar-refractivity contribution is 0.410. The van der Waals surface area contributed by atoms with E-state index >= 15 is 0 Å². The number of nitrogens with one attached hydrogen (secondary N) is 1. The average molecular weight is 273 g/mol. The van der Waals surface area contributed by atoms with Gasteiger partial charge in [-0.3, -0.25) is 0 Å². The van der Waals surface area contributed by atoms with Crippen molar-refractivity contribution in [3.8, 4) is 0 Å². The molecule has 1 rings (SSSR count). The first-order valence-corrected chi connectivity index (χ1v) is 7.58. The van der Waals surface area contributed by atoms with E-state index in [1.807, 2.05) is 32.4 Å². The zero-order valence-corrected chi connectivity index (χ0v) is 12.6. The van der Waals surface area contributed by atoms with Crippen LogP contribution in [0.3, 0.4) is 0 Å². The molecular formula is C12H23N3O2S. The van der Waals surface area contributed by atoms with Crippen molar-refractivity contribution in [2.45, 2.75) is 38.3 Å². The molecule has 0 aliphatic rings.